The van der Waals surface area contributed by atoms with Crippen LogP contribution in [0.4, 0.5) is 5.69 Å². The fourth-order valence-corrected chi connectivity index (χ4v) is 5.87. The van der Waals surface area contributed by atoms with Crippen molar-refractivity contribution in [2.45, 2.75) is 20.0 Å². The summed E-state index contributed by atoms with van der Waals surface area (Å²) in [6.45, 7) is 3.85. The number of aromatic nitrogens is 1. The Hall–Kier alpha value is -3.48. The van der Waals surface area contributed by atoms with E-state index in [1.54, 1.807) is 22.7 Å². The lowest BCUT2D eigenvalue weighted by atomic mass is 10.0. The lowest BCUT2D eigenvalue weighted by Gasteiger charge is -2.38. The maximum Gasteiger partial charge on any atom is 0.262 e. The molecule has 1 N–H and O–H groups in total. The molecule has 1 aliphatic heterocycles. The lowest BCUT2D eigenvalue weighted by molar-refractivity contribution is -0.116. The highest BCUT2D eigenvalue weighted by Gasteiger charge is 2.36. The van der Waals surface area contributed by atoms with Gasteiger partial charge >= 0.3 is 0 Å². The Balaban J connectivity index is 1.51. The van der Waals surface area contributed by atoms with Crippen LogP contribution in [0.15, 0.2) is 102 Å². The van der Waals surface area contributed by atoms with E-state index in [4.69, 9.17) is 4.98 Å². The number of hydrogen-bond donors (Lipinski definition) is 1. The summed E-state index contributed by atoms with van der Waals surface area (Å²) in [4.78, 5) is 22.4. The Morgan fingerprint density at radius 1 is 0.939 bits per heavy atom. The third kappa shape index (κ3) is 4.03. The molecule has 4 aromatic rings. The fourth-order valence-electron chi connectivity index (χ4n) is 3.96. The molecule has 1 saturated heterocycles. The predicted octanol–water partition coefficient (Wildman–Crippen LogP) is 7.02. The fraction of sp³-hybridized carbons (Fsp3) is 0.111. The van der Waals surface area contributed by atoms with Gasteiger partial charge in [-0.1, -0.05) is 60.7 Å². The maximum absolute atomic E-state index is 13.5. The molecule has 6 heteroatoms. The summed E-state index contributed by atoms with van der Waals surface area (Å²) in [5.41, 5.74) is 4.49. The number of amides is 1. The molecule has 33 heavy (non-hydrogen) atoms. The first-order valence-electron chi connectivity index (χ1n) is 10.8. The summed E-state index contributed by atoms with van der Waals surface area (Å²) >= 11 is 3.31. The molecular formula is C27H23N3OS2. The molecule has 0 saturated carbocycles. The van der Waals surface area contributed by atoms with E-state index in [-0.39, 0.29) is 12.1 Å². The van der Waals surface area contributed by atoms with Crippen LogP contribution in [-0.4, -0.2) is 10.9 Å². The van der Waals surface area contributed by atoms with Crippen LogP contribution in [0.3, 0.4) is 0 Å². The highest BCUT2D eigenvalue weighted by atomic mass is 32.1. The summed E-state index contributed by atoms with van der Waals surface area (Å²) in [5.74, 6) is -0.00415. The summed E-state index contributed by atoms with van der Waals surface area (Å²) in [6, 6.07) is 24.2. The van der Waals surface area contributed by atoms with Crippen LogP contribution >= 0.6 is 22.7 Å². The van der Waals surface area contributed by atoms with Gasteiger partial charge in [-0.2, -0.15) is 0 Å². The van der Waals surface area contributed by atoms with Crippen LogP contribution in [0, 0.1) is 0 Å². The van der Waals surface area contributed by atoms with Crippen LogP contribution in [0.2, 0.25) is 0 Å². The molecule has 0 aliphatic carbocycles. The highest BCUT2D eigenvalue weighted by molar-refractivity contribution is 7.16. The minimum absolute atomic E-state index is 0.00415. The van der Waals surface area contributed by atoms with E-state index in [2.05, 4.69) is 35.0 Å². The normalized spacial score (nSPS) is 18.7. The van der Waals surface area contributed by atoms with Crippen molar-refractivity contribution in [1.82, 2.24) is 10.3 Å². The first-order valence-corrected chi connectivity index (χ1v) is 12.5. The third-order valence-electron chi connectivity index (χ3n) is 5.58. The molecule has 2 aromatic carbocycles. The van der Waals surface area contributed by atoms with Crippen LogP contribution in [-0.2, 0) is 4.79 Å². The summed E-state index contributed by atoms with van der Waals surface area (Å²) < 4.78 is 0. The van der Waals surface area contributed by atoms with Crippen LogP contribution in [0.5, 0.6) is 0 Å². The molecular weight excluding hydrogens is 446 g/mol. The van der Waals surface area contributed by atoms with E-state index in [9.17, 15) is 4.79 Å². The molecule has 1 aliphatic rings. The number of allylic oxidation sites excluding steroid dienone is 2. The van der Waals surface area contributed by atoms with E-state index < -0.39 is 0 Å². The predicted molar refractivity (Wildman–Crippen MR) is 138 cm³/mol. The average Bonchev–Trinajstić information content (AvgIpc) is 3.54. The van der Waals surface area contributed by atoms with Crippen molar-refractivity contribution in [3.8, 4) is 21.1 Å². The summed E-state index contributed by atoms with van der Waals surface area (Å²) in [5, 5.41) is 6.69. The van der Waals surface area contributed by atoms with Crippen molar-refractivity contribution in [3.05, 3.63) is 106 Å². The molecule has 164 valence electrons. The molecule has 1 amide bonds. The smallest absolute Gasteiger partial charge is 0.262 e. The number of thiophene rings is 1. The SMILES string of the molecule is C/C=C1/NC(c2ccc(-c3csc(-c4ccccc4)n3)s2)N(c2ccccc2)C(=O)/C1=C/C. The van der Waals surface area contributed by atoms with Gasteiger partial charge in [-0.3, -0.25) is 9.69 Å². The number of hydrogen-bond acceptors (Lipinski definition) is 5. The Labute approximate surface area is 201 Å². The zero-order valence-corrected chi connectivity index (χ0v) is 20.0. The number of carbonyl (C=O) groups is 1. The topological polar surface area (TPSA) is 45.2 Å². The number of benzene rings is 2. The van der Waals surface area contributed by atoms with Gasteiger partial charge in [-0.05, 0) is 38.1 Å². The van der Waals surface area contributed by atoms with Crippen molar-refractivity contribution in [2.75, 3.05) is 4.90 Å². The Kier molecular flexibility index (Phi) is 5.94. The number of nitrogens with zero attached hydrogens (tertiary/aromatic N) is 2. The largest absolute Gasteiger partial charge is 0.360 e. The van der Waals surface area contributed by atoms with Gasteiger partial charge in [0.1, 0.15) is 11.2 Å². The second-order valence-corrected chi connectivity index (χ2v) is 9.54. The average molecular weight is 470 g/mol. The molecule has 1 atom stereocenters. The number of nitrogens with one attached hydrogen (secondary N) is 1. The number of thiazole rings is 1. The van der Waals surface area contributed by atoms with Gasteiger partial charge in [0.15, 0.2) is 0 Å². The third-order valence-corrected chi connectivity index (χ3v) is 7.63. The molecule has 0 bridgehead atoms. The van der Waals surface area contributed by atoms with Crippen molar-refractivity contribution in [1.29, 1.82) is 0 Å². The molecule has 1 unspecified atom stereocenters. The van der Waals surface area contributed by atoms with E-state index in [0.717, 1.165) is 37.4 Å². The van der Waals surface area contributed by atoms with E-state index in [1.807, 2.05) is 79.4 Å². The quantitative estimate of drug-likeness (QED) is 0.327. The number of para-hydroxylation sites is 1. The molecule has 0 radical (unpaired) electrons. The van der Waals surface area contributed by atoms with Crippen molar-refractivity contribution >= 4 is 34.3 Å². The van der Waals surface area contributed by atoms with Gasteiger partial charge in [0.2, 0.25) is 0 Å². The zero-order chi connectivity index (χ0) is 22.8. The van der Waals surface area contributed by atoms with Crippen LogP contribution < -0.4 is 10.2 Å². The van der Waals surface area contributed by atoms with Gasteiger partial charge in [0.05, 0.1) is 16.1 Å². The standard InChI is InChI=1S/C27H23N3OS2/c1-3-20-21(4-2)28-25(30(27(20)31)19-13-9-6-10-14-19)24-16-15-23(33-24)22-17-32-26(29-22)18-11-7-5-8-12-18/h3-17,25,28H,1-2H3/b20-3+,21-4+. The van der Waals surface area contributed by atoms with Gasteiger partial charge < -0.3 is 5.32 Å². The Morgan fingerprint density at radius 2 is 1.67 bits per heavy atom. The molecule has 3 heterocycles. The lowest BCUT2D eigenvalue weighted by Crippen LogP contribution is -2.48. The van der Waals surface area contributed by atoms with Crippen LogP contribution in [0.25, 0.3) is 21.1 Å². The first kappa shape index (κ1) is 21.4. The van der Waals surface area contributed by atoms with Crippen LogP contribution in [0.1, 0.15) is 24.9 Å². The Morgan fingerprint density at radius 3 is 2.36 bits per heavy atom. The second kappa shape index (κ2) is 9.17. The number of anilines is 1. The highest BCUT2D eigenvalue weighted by Crippen LogP contribution is 2.39. The second-order valence-electron chi connectivity index (χ2n) is 7.57. The maximum atomic E-state index is 13.5. The molecule has 2 aromatic heterocycles. The van der Waals surface area contributed by atoms with Crippen molar-refractivity contribution in [2.24, 2.45) is 0 Å². The molecule has 0 spiro atoms. The van der Waals surface area contributed by atoms with Gasteiger partial charge in [0.25, 0.3) is 5.91 Å². The number of carbonyl (C=O) groups excluding carboxylic acids is 1. The van der Waals surface area contributed by atoms with E-state index in [1.165, 1.54) is 0 Å². The van der Waals surface area contributed by atoms with E-state index >= 15 is 0 Å². The number of rotatable bonds is 4. The Bertz CT molecular complexity index is 1340. The van der Waals surface area contributed by atoms with E-state index in [0.29, 0.717) is 5.57 Å². The van der Waals surface area contributed by atoms with Crippen molar-refractivity contribution < 1.29 is 4.79 Å². The van der Waals surface area contributed by atoms with Crippen molar-refractivity contribution in [3.63, 3.8) is 0 Å². The van der Waals surface area contributed by atoms with Gasteiger partial charge in [-0.25, -0.2) is 4.98 Å². The molecule has 4 nitrogen and oxygen atoms in total. The minimum atomic E-state index is -0.291. The first-order chi connectivity index (χ1) is 16.2. The van der Waals surface area contributed by atoms with Gasteiger partial charge in [-0.15, -0.1) is 22.7 Å². The molecule has 5 rings (SSSR count). The molecule has 1 fully saturated rings. The van der Waals surface area contributed by atoms with Gasteiger partial charge in [0, 0.05) is 27.2 Å². The summed E-state index contributed by atoms with van der Waals surface area (Å²) in [6.07, 6.45) is 3.54. The summed E-state index contributed by atoms with van der Waals surface area (Å²) in [7, 11) is 0. The zero-order valence-electron chi connectivity index (χ0n) is 18.4. The monoisotopic (exact) mass is 469 g/mol. The minimum Gasteiger partial charge on any atom is -0.360 e.